The standard InChI is InChI=1S/C23H28N4O/c1-2-25-23(28)22-13-20(24)16-27(22)15-18-8-9-19-10-11-26(21(19)12-18)14-17-6-4-3-5-7-17/h3-12,20,22H,2,13-16,24H2,1H3,(H,25,28)/t20-,22+/m1/s1. The highest BCUT2D eigenvalue weighted by atomic mass is 16.2. The highest BCUT2D eigenvalue weighted by Gasteiger charge is 2.34. The molecular weight excluding hydrogens is 348 g/mol. The molecular formula is C23H28N4O. The molecule has 1 aromatic heterocycles. The molecule has 0 bridgehead atoms. The Morgan fingerprint density at radius 3 is 2.71 bits per heavy atom. The topological polar surface area (TPSA) is 63.3 Å². The Balaban J connectivity index is 1.55. The maximum atomic E-state index is 12.4. The van der Waals surface area contributed by atoms with Crippen LogP contribution in [0.4, 0.5) is 0 Å². The molecule has 1 saturated heterocycles. The van der Waals surface area contributed by atoms with Crippen LogP contribution in [0.1, 0.15) is 24.5 Å². The third-order valence-electron chi connectivity index (χ3n) is 5.51. The summed E-state index contributed by atoms with van der Waals surface area (Å²) in [6, 6.07) is 19.1. The Labute approximate surface area is 166 Å². The quantitative estimate of drug-likeness (QED) is 0.695. The van der Waals surface area contributed by atoms with Gasteiger partial charge in [0.2, 0.25) is 5.91 Å². The van der Waals surface area contributed by atoms with Crippen molar-refractivity contribution in [1.29, 1.82) is 0 Å². The van der Waals surface area contributed by atoms with Gasteiger partial charge < -0.3 is 15.6 Å². The number of nitrogens with one attached hydrogen (secondary N) is 1. The molecule has 146 valence electrons. The fourth-order valence-corrected chi connectivity index (χ4v) is 4.16. The number of aromatic nitrogens is 1. The predicted molar refractivity (Wildman–Crippen MR) is 113 cm³/mol. The van der Waals surface area contributed by atoms with Gasteiger partial charge in [0, 0.05) is 43.9 Å². The number of carbonyl (C=O) groups excluding carboxylic acids is 1. The van der Waals surface area contributed by atoms with E-state index in [0.29, 0.717) is 6.54 Å². The Hall–Kier alpha value is -2.63. The molecule has 0 aliphatic carbocycles. The lowest BCUT2D eigenvalue weighted by molar-refractivity contribution is -0.125. The van der Waals surface area contributed by atoms with Crippen LogP contribution in [0.5, 0.6) is 0 Å². The molecule has 1 amide bonds. The highest BCUT2D eigenvalue weighted by molar-refractivity contribution is 5.82. The van der Waals surface area contributed by atoms with Crippen molar-refractivity contribution in [3.63, 3.8) is 0 Å². The summed E-state index contributed by atoms with van der Waals surface area (Å²) in [5.41, 5.74) is 9.88. The van der Waals surface area contributed by atoms with Crippen molar-refractivity contribution in [2.24, 2.45) is 5.73 Å². The first-order chi connectivity index (χ1) is 13.6. The lowest BCUT2D eigenvalue weighted by Crippen LogP contribution is -2.42. The second-order valence-corrected chi connectivity index (χ2v) is 7.66. The number of hydrogen-bond donors (Lipinski definition) is 2. The van der Waals surface area contributed by atoms with Crippen LogP contribution in [-0.4, -0.2) is 40.5 Å². The second-order valence-electron chi connectivity index (χ2n) is 7.66. The predicted octanol–water partition coefficient (Wildman–Crippen LogP) is 2.73. The molecule has 4 rings (SSSR count). The van der Waals surface area contributed by atoms with Crippen LogP contribution >= 0.6 is 0 Å². The first-order valence-corrected chi connectivity index (χ1v) is 10.0. The lowest BCUT2D eigenvalue weighted by Gasteiger charge is -2.23. The molecule has 1 aliphatic rings. The average Bonchev–Trinajstić information content (AvgIpc) is 3.26. The SMILES string of the molecule is CCNC(=O)[C@@H]1C[C@@H](N)CN1Cc1ccc2ccn(Cc3ccccc3)c2c1. The van der Waals surface area contributed by atoms with Gasteiger partial charge in [0.1, 0.15) is 0 Å². The number of likely N-dealkylation sites (N-methyl/N-ethyl adjacent to an activating group) is 1. The van der Waals surface area contributed by atoms with Gasteiger partial charge in [-0.15, -0.1) is 0 Å². The van der Waals surface area contributed by atoms with E-state index in [4.69, 9.17) is 5.73 Å². The van der Waals surface area contributed by atoms with Crippen LogP contribution in [0.2, 0.25) is 0 Å². The molecule has 3 aromatic rings. The highest BCUT2D eigenvalue weighted by Crippen LogP contribution is 2.23. The van der Waals surface area contributed by atoms with Crippen molar-refractivity contribution in [3.8, 4) is 0 Å². The van der Waals surface area contributed by atoms with E-state index < -0.39 is 0 Å². The molecule has 0 spiro atoms. The van der Waals surface area contributed by atoms with E-state index in [0.717, 1.165) is 26.1 Å². The molecule has 1 fully saturated rings. The van der Waals surface area contributed by atoms with Gasteiger partial charge in [-0.3, -0.25) is 9.69 Å². The number of nitrogens with zero attached hydrogens (tertiary/aromatic N) is 2. The molecule has 5 nitrogen and oxygen atoms in total. The summed E-state index contributed by atoms with van der Waals surface area (Å²) >= 11 is 0. The van der Waals surface area contributed by atoms with Crippen LogP contribution in [-0.2, 0) is 17.9 Å². The number of amides is 1. The minimum atomic E-state index is -0.137. The molecule has 28 heavy (non-hydrogen) atoms. The van der Waals surface area contributed by atoms with Crippen molar-refractivity contribution in [3.05, 3.63) is 71.9 Å². The smallest absolute Gasteiger partial charge is 0.237 e. The number of carbonyl (C=O) groups is 1. The van der Waals surface area contributed by atoms with Gasteiger partial charge >= 0.3 is 0 Å². The number of fused-ring (bicyclic) bond motifs is 1. The van der Waals surface area contributed by atoms with Gasteiger partial charge in [-0.1, -0.05) is 42.5 Å². The fourth-order valence-electron chi connectivity index (χ4n) is 4.16. The molecule has 0 radical (unpaired) electrons. The number of nitrogens with two attached hydrogens (primary N) is 1. The van der Waals surface area contributed by atoms with Crippen LogP contribution in [0.15, 0.2) is 60.8 Å². The maximum absolute atomic E-state index is 12.4. The lowest BCUT2D eigenvalue weighted by atomic mass is 10.1. The Morgan fingerprint density at radius 2 is 1.93 bits per heavy atom. The van der Waals surface area contributed by atoms with E-state index >= 15 is 0 Å². The molecule has 2 atom stereocenters. The van der Waals surface area contributed by atoms with E-state index in [9.17, 15) is 4.79 Å². The molecule has 1 aliphatic heterocycles. The van der Waals surface area contributed by atoms with Crippen LogP contribution in [0, 0.1) is 0 Å². The van der Waals surface area contributed by atoms with E-state index in [1.165, 1.54) is 22.0 Å². The summed E-state index contributed by atoms with van der Waals surface area (Å²) in [6.07, 6.45) is 2.86. The van der Waals surface area contributed by atoms with E-state index in [-0.39, 0.29) is 18.0 Å². The van der Waals surface area contributed by atoms with E-state index in [2.05, 4.69) is 69.5 Å². The van der Waals surface area contributed by atoms with Crippen molar-refractivity contribution >= 4 is 16.8 Å². The van der Waals surface area contributed by atoms with Gasteiger partial charge in [0.05, 0.1) is 6.04 Å². The van der Waals surface area contributed by atoms with Gasteiger partial charge in [-0.2, -0.15) is 0 Å². The third kappa shape index (κ3) is 3.96. The van der Waals surface area contributed by atoms with Crippen molar-refractivity contribution in [1.82, 2.24) is 14.8 Å². The third-order valence-corrected chi connectivity index (χ3v) is 5.51. The van der Waals surface area contributed by atoms with Gasteiger partial charge in [-0.05, 0) is 42.0 Å². The number of rotatable bonds is 6. The van der Waals surface area contributed by atoms with Gasteiger partial charge in [0.15, 0.2) is 0 Å². The monoisotopic (exact) mass is 376 g/mol. The normalized spacial score (nSPS) is 19.9. The van der Waals surface area contributed by atoms with Crippen molar-refractivity contribution < 1.29 is 4.79 Å². The largest absolute Gasteiger partial charge is 0.355 e. The van der Waals surface area contributed by atoms with Crippen molar-refractivity contribution in [2.45, 2.75) is 38.5 Å². The maximum Gasteiger partial charge on any atom is 0.237 e. The van der Waals surface area contributed by atoms with Gasteiger partial charge in [0.25, 0.3) is 0 Å². The van der Waals surface area contributed by atoms with Gasteiger partial charge in [-0.25, -0.2) is 0 Å². The van der Waals surface area contributed by atoms with Crippen LogP contribution in [0.3, 0.4) is 0 Å². The van der Waals surface area contributed by atoms with Crippen molar-refractivity contribution in [2.75, 3.05) is 13.1 Å². The second kappa shape index (κ2) is 8.17. The zero-order valence-electron chi connectivity index (χ0n) is 16.3. The van der Waals surface area contributed by atoms with E-state index in [1.54, 1.807) is 0 Å². The summed E-state index contributed by atoms with van der Waals surface area (Å²) in [5, 5.41) is 4.18. The zero-order valence-corrected chi connectivity index (χ0v) is 16.3. The zero-order chi connectivity index (χ0) is 19.5. The summed E-state index contributed by atoms with van der Waals surface area (Å²) in [6.45, 7) is 4.94. The number of benzene rings is 2. The minimum Gasteiger partial charge on any atom is -0.355 e. The van der Waals surface area contributed by atoms with Crippen LogP contribution in [0.25, 0.3) is 10.9 Å². The first kappa shape index (κ1) is 18.7. The Morgan fingerprint density at radius 1 is 1.11 bits per heavy atom. The number of likely N-dealkylation sites (tertiary alicyclic amines) is 1. The fraction of sp³-hybridized carbons (Fsp3) is 0.348. The molecule has 2 aromatic carbocycles. The summed E-state index contributed by atoms with van der Waals surface area (Å²) < 4.78 is 2.28. The summed E-state index contributed by atoms with van der Waals surface area (Å²) in [4.78, 5) is 14.6. The molecule has 3 N–H and O–H groups in total. The number of hydrogen-bond acceptors (Lipinski definition) is 3. The Kier molecular flexibility index (Phi) is 5.46. The summed E-state index contributed by atoms with van der Waals surface area (Å²) in [5.74, 6) is 0.0870. The minimum absolute atomic E-state index is 0.0540. The molecule has 5 heteroatoms. The van der Waals surface area contributed by atoms with E-state index in [1.807, 2.05) is 13.0 Å². The average molecular weight is 377 g/mol. The molecule has 0 unspecified atom stereocenters. The molecule has 2 heterocycles. The molecule has 0 saturated carbocycles. The summed E-state index contributed by atoms with van der Waals surface area (Å²) in [7, 11) is 0. The Bertz CT molecular complexity index is 950. The van der Waals surface area contributed by atoms with Crippen LogP contribution < -0.4 is 11.1 Å². The first-order valence-electron chi connectivity index (χ1n) is 10.0.